The van der Waals surface area contributed by atoms with E-state index < -0.39 is 4.92 Å². The van der Waals surface area contributed by atoms with Gasteiger partial charge < -0.3 is 19.5 Å². The Bertz CT molecular complexity index is 415. The van der Waals surface area contributed by atoms with Crippen LogP contribution in [0.2, 0.25) is 0 Å². The third kappa shape index (κ3) is 4.64. The molecular formula is C10H16N4O5. The van der Waals surface area contributed by atoms with Crippen molar-refractivity contribution in [3.05, 3.63) is 16.4 Å². The maximum Gasteiger partial charge on any atom is 0.372 e. The van der Waals surface area contributed by atoms with Gasteiger partial charge in [-0.3, -0.25) is 10.1 Å². The Balaban J connectivity index is 2.55. The maximum atomic E-state index is 10.9. The van der Waals surface area contributed by atoms with Crippen molar-refractivity contribution in [3.8, 4) is 5.88 Å². The van der Waals surface area contributed by atoms with E-state index in [9.17, 15) is 10.1 Å². The minimum atomic E-state index is -0.590. The number of hydrogen-bond donors (Lipinski definition) is 1. The highest BCUT2D eigenvalue weighted by Crippen LogP contribution is 2.30. The maximum absolute atomic E-state index is 10.9. The summed E-state index contributed by atoms with van der Waals surface area (Å²) >= 11 is 0. The number of nitrogens with zero attached hydrogens (tertiary/aromatic N) is 3. The smallest absolute Gasteiger partial charge is 0.372 e. The quantitative estimate of drug-likeness (QED) is 0.392. The Hall–Kier alpha value is -2.00. The SMILES string of the molecule is CNc1ncnc(OCCOCCOC)c1[N+](=O)[O-]. The Morgan fingerprint density at radius 2 is 2.05 bits per heavy atom. The van der Waals surface area contributed by atoms with Gasteiger partial charge in [-0.2, -0.15) is 4.98 Å². The number of rotatable bonds is 9. The lowest BCUT2D eigenvalue weighted by molar-refractivity contribution is -0.385. The molecule has 0 unspecified atom stereocenters. The third-order valence-electron chi connectivity index (χ3n) is 2.11. The molecule has 0 aromatic carbocycles. The zero-order chi connectivity index (χ0) is 14.1. The standard InChI is InChI=1S/C10H16N4O5/c1-11-9-8(14(15)16)10(13-7-12-9)19-6-5-18-4-3-17-2/h7H,3-6H2,1-2H3,(H,11,12,13). The molecule has 19 heavy (non-hydrogen) atoms. The van der Waals surface area contributed by atoms with Gasteiger partial charge in [-0.15, -0.1) is 0 Å². The molecule has 1 heterocycles. The highest BCUT2D eigenvalue weighted by atomic mass is 16.6. The molecule has 0 spiro atoms. The predicted octanol–water partition coefficient (Wildman–Crippen LogP) is 0.468. The molecule has 0 bridgehead atoms. The van der Waals surface area contributed by atoms with E-state index in [2.05, 4.69) is 15.3 Å². The van der Waals surface area contributed by atoms with Crippen molar-refractivity contribution < 1.29 is 19.1 Å². The summed E-state index contributed by atoms with van der Waals surface area (Å²) in [6.07, 6.45) is 1.19. The second-order valence-electron chi connectivity index (χ2n) is 3.34. The molecule has 0 aliphatic carbocycles. The number of nitrogens with one attached hydrogen (secondary N) is 1. The Morgan fingerprint density at radius 1 is 1.32 bits per heavy atom. The fourth-order valence-corrected chi connectivity index (χ4v) is 1.26. The van der Waals surface area contributed by atoms with Crippen LogP contribution in [0.1, 0.15) is 0 Å². The number of aromatic nitrogens is 2. The normalized spacial score (nSPS) is 10.2. The molecule has 0 atom stereocenters. The van der Waals surface area contributed by atoms with Crippen molar-refractivity contribution in [3.63, 3.8) is 0 Å². The number of hydrogen-bond acceptors (Lipinski definition) is 8. The van der Waals surface area contributed by atoms with Crippen LogP contribution in [-0.2, 0) is 9.47 Å². The minimum Gasteiger partial charge on any atom is -0.470 e. The highest BCUT2D eigenvalue weighted by Gasteiger charge is 2.23. The predicted molar refractivity (Wildman–Crippen MR) is 66.4 cm³/mol. The van der Waals surface area contributed by atoms with Crippen LogP contribution in [0.25, 0.3) is 0 Å². The van der Waals surface area contributed by atoms with E-state index in [0.29, 0.717) is 19.8 Å². The van der Waals surface area contributed by atoms with Crippen molar-refractivity contribution in [1.82, 2.24) is 9.97 Å². The minimum absolute atomic E-state index is 0.0836. The second-order valence-corrected chi connectivity index (χ2v) is 3.34. The van der Waals surface area contributed by atoms with Crippen LogP contribution in [-0.4, -0.2) is 55.5 Å². The third-order valence-corrected chi connectivity index (χ3v) is 2.11. The number of nitro groups is 1. The van der Waals surface area contributed by atoms with Gasteiger partial charge in [0.25, 0.3) is 5.88 Å². The van der Waals surface area contributed by atoms with E-state index in [4.69, 9.17) is 14.2 Å². The summed E-state index contributed by atoms with van der Waals surface area (Å²) in [6.45, 7) is 1.37. The summed E-state index contributed by atoms with van der Waals surface area (Å²) in [5.41, 5.74) is -0.290. The Morgan fingerprint density at radius 3 is 2.68 bits per heavy atom. The van der Waals surface area contributed by atoms with E-state index in [-0.39, 0.29) is 24.0 Å². The van der Waals surface area contributed by atoms with E-state index in [1.165, 1.54) is 13.4 Å². The first-order valence-corrected chi connectivity index (χ1v) is 5.57. The zero-order valence-electron chi connectivity index (χ0n) is 10.8. The van der Waals surface area contributed by atoms with Crippen molar-refractivity contribution >= 4 is 11.5 Å². The molecule has 0 fully saturated rings. The van der Waals surface area contributed by atoms with Gasteiger partial charge in [0.05, 0.1) is 24.7 Å². The lowest BCUT2D eigenvalue weighted by Crippen LogP contribution is -2.12. The molecule has 0 saturated heterocycles. The summed E-state index contributed by atoms with van der Waals surface area (Å²) in [4.78, 5) is 17.8. The monoisotopic (exact) mass is 272 g/mol. The molecule has 1 rings (SSSR count). The molecule has 0 radical (unpaired) electrons. The topological polar surface area (TPSA) is 109 Å². The second kappa shape index (κ2) is 8.16. The molecule has 1 aromatic rings. The van der Waals surface area contributed by atoms with Gasteiger partial charge in [0.1, 0.15) is 12.9 Å². The average Bonchev–Trinajstić information content (AvgIpc) is 2.42. The van der Waals surface area contributed by atoms with Crippen molar-refractivity contribution in [1.29, 1.82) is 0 Å². The van der Waals surface area contributed by atoms with Crippen LogP contribution in [0, 0.1) is 10.1 Å². The first-order valence-electron chi connectivity index (χ1n) is 5.57. The van der Waals surface area contributed by atoms with Crippen LogP contribution < -0.4 is 10.1 Å². The van der Waals surface area contributed by atoms with Gasteiger partial charge in [-0.05, 0) is 0 Å². The summed E-state index contributed by atoms with van der Waals surface area (Å²) in [7, 11) is 3.11. The summed E-state index contributed by atoms with van der Waals surface area (Å²) < 4.78 is 15.2. The molecule has 9 nitrogen and oxygen atoms in total. The number of anilines is 1. The zero-order valence-corrected chi connectivity index (χ0v) is 10.8. The molecule has 9 heteroatoms. The van der Waals surface area contributed by atoms with Gasteiger partial charge in [-0.25, -0.2) is 4.98 Å². The molecule has 0 amide bonds. The van der Waals surface area contributed by atoms with Crippen LogP contribution in [0.3, 0.4) is 0 Å². The van der Waals surface area contributed by atoms with Gasteiger partial charge in [0.15, 0.2) is 0 Å². The van der Waals surface area contributed by atoms with Crippen LogP contribution in [0.5, 0.6) is 5.88 Å². The largest absolute Gasteiger partial charge is 0.470 e. The molecular weight excluding hydrogens is 256 g/mol. The molecule has 106 valence electrons. The first-order chi connectivity index (χ1) is 9.20. The lowest BCUT2D eigenvalue weighted by atomic mass is 10.4. The fraction of sp³-hybridized carbons (Fsp3) is 0.600. The van der Waals surface area contributed by atoms with E-state index in [0.717, 1.165) is 0 Å². The summed E-state index contributed by atoms with van der Waals surface area (Å²) in [5, 5.41) is 13.5. The number of methoxy groups -OCH3 is 1. The van der Waals surface area contributed by atoms with Gasteiger partial charge >= 0.3 is 5.69 Å². The van der Waals surface area contributed by atoms with Gasteiger partial charge in [0.2, 0.25) is 5.82 Å². The van der Waals surface area contributed by atoms with Crippen LogP contribution in [0.15, 0.2) is 6.33 Å². The first kappa shape index (κ1) is 15.1. The van der Waals surface area contributed by atoms with Crippen LogP contribution in [0.4, 0.5) is 11.5 Å². The Kier molecular flexibility index (Phi) is 6.47. The molecule has 0 aliphatic heterocycles. The molecule has 0 saturated carbocycles. The summed E-state index contributed by atoms with van der Waals surface area (Å²) in [5.74, 6) is 0.0231. The highest BCUT2D eigenvalue weighted by molar-refractivity contribution is 5.60. The molecule has 1 aromatic heterocycles. The molecule has 0 aliphatic rings. The van der Waals surface area contributed by atoms with Gasteiger partial charge in [-0.1, -0.05) is 0 Å². The fourth-order valence-electron chi connectivity index (χ4n) is 1.26. The number of ether oxygens (including phenoxy) is 3. The average molecular weight is 272 g/mol. The molecule has 1 N–H and O–H groups in total. The lowest BCUT2D eigenvalue weighted by Gasteiger charge is -2.08. The van der Waals surface area contributed by atoms with Crippen LogP contribution >= 0.6 is 0 Å². The van der Waals surface area contributed by atoms with Crippen molar-refractivity contribution in [2.75, 3.05) is 45.9 Å². The van der Waals surface area contributed by atoms with Crippen molar-refractivity contribution in [2.24, 2.45) is 0 Å². The van der Waals surface area contributed by atoms with E-state index >= 15 is 0 Å². The van der Waals surface area contributed by atoms with E-state index in [1.807, 2.05) is 0 Å². The Labute approximate surface area is 110 Å². The summed E-state index contributed by atoms with van der Waals surface area (Å²) in [6, 6.07) is 0. The van der Waals surface area contributed by atoms with Gasteiger partial charge in [0, 0.05) is 14.2 Å². The van der Waals surface area contributed by atoms with E-state index in [1.54, 1.807) is 7.11 Å². The van der Waals surface area contributed by atoms with Crippen molar-refractivity contribution in [2.45, 2.75) is 0 Å².